The van der Waals surface area contributed by atoms with Crippen LogP contribution in [0.3, 0.4) is 0 Å². The number of anilines is 1. The number of rotatable bonds is 2. The Morgan fingerprint density at radius 1 is 1.27 bits per heavy atom. The first-order chi connectivity index (χ1) is 14.4. The molecule has 0 radical (unpaired) electrons. The van der Waals surface area contributed by atoms with Gasteiger partial charge in [0, 0.05) is 29.4 Å². The summed E-state index contributed by atoms with van der Waals surface area (Å²) in [6.07, 6.45) is 0. The molecular formula is C21H16F2N4O3. The molecule has 0 saturated carbocycles. The minimum Gasteiger partial charge on any atom is -0.373 e. The van der Waals surface area contributed by atoms with E-state index in [2.05, 4.69) is 10.3 Å². The minimum atomic E-state index is -0.684. The number of nitriles is 1. The number of urea groups is 1. The second-order valence-electron chi connectivity index (χ2n) is 6.91. The van der Waals surface area contributed by atoms with Crippen LogP contribution in [0.4, 0.5) is 19.3 Å². The number of carbonyl (C=O) groups excluding carboxylic acids is 1. The van der Waals surface area contributed by atoms with Crippen LogP contribution in [-0.2, 0) is 11.3 Å². The van der Waals surface area contributed by atoms with E-state index in [-0.39, 0.29) is 30.0 Å². The number of aromatic amines is 1. The molecule has 3 aromatic rings. The van der Waals surface area contributed by atoms with Crippen molar-refractivity contribution < 1.29 is 18.3 Å². The Morgan fingerprint density at radius 2 is 2.07 bits per heavy atom. The van der Waals surface area contributed by atoms with Gasteiger partial charge in [0.2, 0.25) is 0 Å². The van der Waals surface area contributed by atoms with Gasteiger partial charge in [0.25, 0.3) is 5.56 Å². The van der Waals surface area contributed by atoms with Gasteiger partial charge in [0.05, 0.1) is 24.8 Å². The zero-order valence-electron chi connectivity index (χ0n) is 15.8. The summed E-state index contributed by atoms with van der Waals surface area (Å²) >= 11 is 0. The highest BCUT2D eigenvalue weighted by molar-refractivity contribution is 5.91. The third-order valence-corrected chi connectivity index (χ3v) is 5.09. The predicted molar refractivity (Wildman–Crippen MR) is 105 cm³/mol. The van der Waals surface area contributed by atoms with Crippen LogP contribution in [0.25, 0.3) is 10.8 Å². The number of fused-ring (bicyclic) bond motifs is 3. The number of aromatic nitrogens is 1. The van der Waals surface area contributed by atoms with E-state index in [1.807, 2.05) is 0 Å². The number of carbonyl (C=O) groups is 1. The zero-order chi connectivity index (χ0) is 21.4. The van der Waals surface area contributed by atoms with E-state index in [1.165, 1.54) is 42.3 Å². The second-order valence-corrected chi connectivity index (χ2v) is 6.91. The molecule has 1 atom stereocenters. The Hall–Kier alpha value is -3.77. The van der Waals surface area contributed by atoms with Crippen LogP contribution in [0.15, 0.2) is 41.2 Å². The van der Waals surface area contributed by atoms with Crippen LogP contribution in [0.1, 0.15) is 22.9 Å². The van der Waals surface area contributed by atoms with E-state index in [9.17, 15) is 18.4 Å². The molecule has 152 valence electrons. The van der Waals surface area contributed by atoms with Crippen LogP contribution in [0.2, 0.25) is 0 Å². The predicted octanol–water partition coefficient (Wildman–Crippen LogP) is 3.41. The van der Waals surface area contributed by atoms with Gasteiger partial charge in [-0.3, -0.25) is 4.79 Å². The summed E-state index contributed by atoms with van der Waals surface area (Å²) < 4.78 is 33.0. The van der Waals surface area contributed by atoms with Crippen molar-refractivity contribution in [2.75, 3.05) is 19.0 Å². The Labute approximate surface area is 169 Å². The van der Waals surface area contributed by atoms with Crippen molar-refractivity contribution in [2.24, 2.45) is 0 Å². The van der Waals surface area contributed by atoms with Crippen LogP contribution in [-0.4, -0.2) is 29.6 Å². The van der Waals surface area contributed by atoms with Gasteiger partial charge in [-0.05, 0) is 41.8 Å². The quantitative estimate of drug-likeness (QED) is 0.676. The smallest absolute Gasteiger partial charge is 0.322 e. The fraction of sp³-hybridized carbons (Fsp3) is 0.190. The summed E-state index contributed by atoms with van der Waals surface area (Å²) in [6.45, 7) is 0.272. The highest BCUT2D eigenvalue weighted by atomic mass is 19.1. The van der Waals surface area contributed by atoms with E-state index >= 15 is 0 Å². The molecule has 1 aromatic heterocycles. The van der Waals surface area contributed by atoms with E-state index in [0.29, 0.717) is 22.0 Å². The van der Waals surface area contributed by atoms with Gasteiger partial charge in [0.1, 0.15) is 17.7 Å². The average molecular weight is 410 g/mol. The molecule has 1 aliphatic rings. The average Bonchev–Trinajstić information content (AvgIpc) is 2.73. The first-order valence-electron chi connectivity index (χ1n) is 9.04. The standard InChI is InChI=1S/C21H16F2N4O3/c1-27(21(29)25-13-3-5-16(23)11(6-13)8-24)18-10-30-9-17-19(18)15-7-12(22)2-4-14(15)20(28)26-17/h2-7,18H,9-10H2,1H3,(H,25,29)(H,26,28)/t18-/m1/s1. The first kappa shape index (κ1) is 19.5. The molecule has 2 heterocycles. The number of halogens is 2. The number of H-pyrrole nitrogens is 1. The van der Waals surface area contributed by atoms with Gasteiger partial charge in [-0.2, -0.15) is 5.26 Å². The molecule has 0 bridgehead atoms. The maximum absolute atomic E-state index is 13.9. The summed E-state index contributed by atoms with van der Waals surface area (Å²) in [4.78, 5) is 29.2. The van der Waals surface area contributed by atoms with Gasteiger partial charge >= 0.3 is 6.03 Å². The normalized spacial score (nSPS) is 15.3. The Balaban J connectivity index is 1.71. The molecule has 2 amide bonds. The lowest BCUT2D eigenvalue weighted by Gasteiger charge is -2.33. The lowest BCUT2D eigenvalue weighted by molar-refractivity contribution is 0.0527. The molecule has 4 rings (SSSR count). The van der Waals surface area contributed by atoms with Crippen molar-refractivity contribution in [1.82, 2.24) is 9.88 Å². The number of nitrogens with one attached hydrogen (secondary N) is 2. The maximum atomic E-state index is 13.9. The molecule has 2 aromatic carbocycles. The first-order valence-corrected chi connectivity index (χ1v) is 9.04. The number of benzene rings is 2. The van der Waals surface area contributed by atoms with E-state index in [0.717, 1.165) is 6.07 Å². The summed E-state index contributed by atoms with van der Waals surface area (Å²) in [5, 5.41) is 12.3. The summed E-state index contributed by atoms with van der Waals surface area (Å²) in [5.41, 5.74) is 0.766. The number of pyridine rings is 1. The van der Waals surface area contributed by atoms with Gasteiger partial charge in [0.15, 0.2) is 0 Å². The van der Waals surface area contributed by atoms with E-state index < -0.39 is 23.7 Å². The SMILES string of the molecule is CN(C(=O)Nc1ccc(F)c(C#N)c1)[C@@H]1COCc2[nH]c(=O)c3ccc(F)cc3c21. The molecular weight excluding hydrogens is 394 g/mol. The third kappa shape index (κ3) is 3.38. The number of hydrogen-bond donors (Lipinski definition) is 2. The van der Waals surface area contributed by atoms with Gasteiger partial charge < -0.3 is 19.9 Å². The maximum Gasteiger partial charge on any atom is 0.322 e. The van der Waals surface area contributed by atoms with Crippen LogP contribution >= 0.6 is 0 Å². The van der Waals surface area contributed by atoms with Crippen molar-refractivity contribution in [3.05, 3.63) is 75.2 Å². The number of likely N-dealkylation sites (N-methyl/N-ethyl adjacent to an activating group) is 1. The van der Waals surface area contributed by atoms with Crippen LogP contribution in [0.5, 0.6) is 0 Å². The molecule has 0 saturated heterocycles. The van der Waals surface area contributed by atoms with Gasteiger partial charge in [-0.25, -0.2) is 13.6 Å². The molecule has 2 N–H and O–H groups in total. The Kier molecular flexibility index (Phi) is 4.93. The monoisotopic (exact) mass is 410 g/mol. The van der Waals surface area contributed by atoms with Crippen LogP contribution in [0, 0.1) is 23.0 Å². The molecule has 9 heteroatoms. The summed E-state index contributed by atoms with van der Waals surface area (Å²) in [7, 11) is 1.53. The molecule has 0 fully saturated rings. The number of nitrogens with zero attached hydrogens (tertiary/aromatic N) is 2. The van der Waals surface area contributed by atoms with E-state index in [1.54, 1.807) is 6.07 Å². The third-order valence-electron chi connectivity index (χ3n) is 5.09. The molecule has 1 aliphatic heterocycles. The van der Waals surface area contributed by atoms with Crippen molar-refractivity contribution in [1.29, 1.82) is 5.26 Å². The molecule has 0 aliphatic carbocycles. The fourth-order valence-corrected chi connectivity index (χ4v) is 3.57. The van der Waals surface area contributed by atoms with Crippen molar-refractivity contribution >= 4 is 22.5 Å². The van der Waals surface area contributed by atoms with Crippen molar-refractivity contribution in [2.45, 2.75) is 12.6 Å². The molecule has 7 nitrogen and oxygen atoms in total. The van der Waals surface area contributed by atoms with Gasteiger partial charge in [-0.15, -0.1) is 0 Å². The molecule has 0 spiro atoms. The largest absolute Gasteiger partial charge is 0.373 e. The Bertz CT molecular complexity index is 1270. The lowest BCUT2D eigenvalue weighted by atomic mass is 9.96. The zero-order valence-corrected chi connectivity index (χ0v) is 15.8. The van der Waals surface area contributed by atoms with Crippen molar-refractivity contribution in [3.63, 3.8) is 0 Å². The van der Waals surface area contributed by atoms with Gasteiger partial charge in [-0.1, -0.05) is 0 Å². The number of amides is 2. The fourth-order valence-electron chi connectivity index (χ4n) is 3.57. The summed E-state index contributed by atoms with van der Waals surface area (Å²) in [6, 6.07) is 8.11. The second kappa shape index (κ2) is 7.57. The topological polar surface area (TPSA) is 98.2 Å². The highest BCUT2D eigenvalue weighted by Crippen LogP contribution is 2.33. The van der Waals surface area contributed by atoms with E-state index in [4.69, 9.17) is 10.00 Å². The molecule has 30 heavy (non-hydrogen) atoms. The number of ether oxygens (including phenoxy) is 1. The lowest BCUT2D eigenvalue weighted by Crippen LogP contribution is -2.39. The Morgan fingerprint density at radius 3 is 2.83 bits per heavy atom. The number of hydrogen-bond acceptors (Lipinski definition) is 4. The van der Waals surface area contributed by atoms with Crippen LogP contribution < -0.4 is 10.9 Å². The summed E-state index contributed by atoms with van der Waals surface area (Å²) in [5.74, 6) is -1.18. The molecule has 0 unspecified atom stereocenters. The highest BCUT2D eigenvalue weighted by Gasteiger charge is 2.30. The van der Waals surface area contributed by atoms with Crippen molar-refractivity contribution in [3.8, 4) is 6.07 Å². The minimum absolute atomic E-state index is 0.131.